The van der Waals surface area contributed by atoms with E-state index in [1.54, 1.807) is 35.7 Å². The number of methoxy groups -OCH3 is 1. The van der Waals surface area contributed by atoms with Gasteiger partial charge in [0, 0.05) is 44.0 Å². The van der Waals surface area contributed by atoms with Crippen LogP contribution in [0.2, 0.25) is 0 Å². The number of aryl methyl sites for hydroxylation is 1. The smallest absolute Gasteiger partial charge is 0.251 e. The quantitative estimate of drug-likeness (QED) is 0.649. The molecule has 3 rings (SSSR count). The number of nitrogens with one attached hydrogen (secondary N) is 1. The van der Waals surface area contributed by atoms with Crippen molar-refractivity contribution in [2.24, 2.45) is 0 Å². The fourth-order valence-electron chi connectivity index (χ4n) is 3.48. The molecule has 1 N–H and O–H groups in total. The summed E-state index contributed by atoms with van der Waals surface area (Å²) in [5.74, 6) is 0.488. The first-order valence-electron chi connectivity index (χ1n) is 10.1. The van der Waals surface area contributed by atoms with Crippen LogP contribution in [-0.4, -0.2) is 64.2 Å². The van der Waals surface area contributed by atoms with E-state index in [2.05, 4.69) is 35.3 Å². The zero-order valence-corrected chi connectivity index (χ0v) is 18.3. The topological polar surface area (TPSA) is 78.9 Å². The monoisotopic (exact) mass is 431 g/mol. The first kappa shape index (κ1) is 22.1. The van der Waals surface area contributed by atoms with Gasteiger partial charge in [-0.05, 0) is 55.3 Å². The number of ether oxygens (including phenoxy) is 1. The first-order chi connectivity index (χ1) is 14.4. The normalized spacial score (nSPS) is 15.1. The van der Waals surface area contributed by atoms with Crippen LogP contribution in [0, 0.1) is 6.92 Å². The van der Waals surface area contributed by atoms with E-state index in [1.807, 2.05) is 6.07 Å². The highest BCUT2D eigenvalue weighted by atomic mass is 32.2. The Morgan fingerprint density at radius 1 is 1.07 bits per heavy atom. The summed E-state index contributed by atoms with van der Waals surface area (Å²) in [6, 6.07) is 15.0. The lowest BCUT2D eigenvalue weighted by molar-refractivity contribution is 0.0953. The molecule has 1 aliphatic rings. The van der Waals surface area contributed by atoms with E-state index in [0.29, 0.717) is 50.5 Å². The molecular formula is C22H29N3O4S. The molecule has 1 saturated heterocycles. The van der Waals surface area contributed by atoms with Crippen LogP contribution in [0.5, 0.6) is 5.75 Å². The van der Waals surface area contributed by atoms with Crippen molar-refractivity contribution < 1.29 is 17.9 Å². The van der Waals surface area contributed by atoms with Crippen molar-refractivity contribution in [2.45, 2.75) is 13.3 Å². The molecule has 1 amide bonds. The average Bonchev–Trinajstić information content (AvgIpc) is 2.77. The summed E-state index contributed by atoms with van der Waals surface area (Å²) in [5, 5.41) is 2.77. The minimum atomic E-state index is -3.33. The van der Waals surface area contributed by atoms with Gasteiger partial charge in [0.2, 0.25) is 10.0 Å². The zero-order valence-electron chi connectivity index (χ0n) is 17.5. The van der Waals surface area contributed by atoms with Crippen molar-refractivity contribution in [2.75, 3.05) is 50.5 Å². The van der Waals surface area contributed by atoms with E-state index in [0.717, 1.165) is 5.69 Å². The molecule has 1 fully saturated rings. The lowest BCUT2D eigenvalue weighted by atomic mass is 10.2. The van der Waals surface area contributed by atoms with Gasteiger partial charge in [0.05, 0.1) is 12.9 Å². The number of nitrogens with zero attached hydrogens (tertiary/aromatic N) is 2. The molecule has 8 heteroatoms. The third-order valence-corrected chi connectivity index (χ3v) is 7.17. The summed E-state index contributed by atoms with van der Waals surface area (Å²) in [6.07, 6.45) is 0.377. The van der Waals surface area contributed by atoms with Crippen molar-refractivity contribution in [1.82, 2.24) is 9.62 Å². The molecule has 0 unspecified atom stereocenters. The van der Waals surface area contributed by atoms with Crippen LogP contribution in [0.1, 0.15) is 22.3 Å². The van der Waals surface area contributed by atoms with Gasteiger partial charge >= 0.3 is 0 Å². The van der Waals surface area contributed by atoms with Gasteiger partial charge in [-0.2, -0.15) is 4.31 Å². The Bertz CT molecular complexity index is 953. The standard InChI is InChI=1S/C22H29N3O4S/c1-18-5-3-6-20(17-18)24-12-14-25(15-13-24)30(27,28)16-4-11-23-22(26)19-7-9-21(29-2)10-8-19/h3,5-10,17H,4,11-16H2,1-2H3,(H,23,26). The van der Waals surface area contributed by atoms with E-state index in [9.17, 15) is 13.2 Å². The second kappa shape index (κ2) is 9.95. The number of amides is 1. The number of rotatable bonds is 8. The highest BCUT2D eigenvalue weighted by Gasteiger charge is 2.26. The van der Waals surface area contributed by atoms with E-state index in [-0.39, 0.29) is 11.7 Å². The number of hydrogen-bond donors (Lipinski definition) is 1. The molecule has 2 aromatic carbocycles. The fraction of sp³-hybridized carbons (Fsp3) is 0.409. The fourth-order valence-corrected chi connectivity index (χ4v) is 4.97. The van der Waals surface area contributed by atoms with Crippen molar-refractivity contribution in [1.29, 1.82) is 0 Å². The van der Waals surface area contributed by atoms with Crippen LogP contribution in [-0.2, 0) is 10.0 Å². The number of sulfonamides is 1. The van der Waals surface area contributed by atoms with Gasteiger partial charge in [-0.1, -0.05) is 12.1 Å². The molecule has 0 atom stereocenters. The Labute approximate surface area is 178 Å². The second-order valence-electron chi connectivity index (χ2n) is 7.38. The molecule has 0 saturated carbocycles. The minimum absolute atomic E-state index is 0.0281. The number of benzene rings is 2. The van der Waals surface area contributed by atoms with Crippen molar-refractivity contribution in [3.8, 4) is 5.75 Å². The molecule has 0 aliphatic carbocycles. The molecule has 2 aromatic rings. The zero-order chi connectivity index (χ0) is 21.6. The summed E-state index contributed by atoms with van der Waals surface area (Å²) >= 11 is 0. The summed E-state index contributed by atoms with van der Waals surface area (Å²) < 4.78 is 31.9. The van der Waals surface area contributed by atoms with E-state index < -0.39 is 10.0 Å². The van der Waals surface area contributed by atoms with E-state index in [4.69, 9.17) is 4.74 Å². The van der Waals surface area contributed by atoms with Crippen molar-refractivity contribution >= 4 is 21.6 Å². The lowest BCUT2D eigenvalue weighted by Crippen LogP contribution is -2.49. The number of carbonyl (C=O) groups is 1. The van der Waals surface area contributed by atoms with E-state index >= 15 is 0 Å². The van der Waals surface area contributed by atoms with Gasteiger partial charge in [-0.3, -0.25) is 4.79 Å². The van der Waals surface area contributed by atoms with Crippen LogP contribution in [0.15, 0.2) is 48.5 Å². The summed E-state index contributed by atoms with van der Waals surface area (Å²) in [7, 11) is -1.76. The number of anilines is 1. The molecular weight excluding hydrogens is 402 g/mol. The van der Waals surface area contributed by atoms with Gasteiger partial charge in [0.25, 0.3) is 5.91 Å². The predicted octanol–water partition coefficient (Wildman–Crippen LogP) is 2.28. The Hall–Kier alpha value is -2.58. The Morgan fingerprint density at radius 2 is 1.77 bits per heavy atom. The molecule has 162 valence electrons. The van der Waals surface area contributed by atoms with Crippen LogP contribution in [0.25, 0.3) is 0 Å². The summed E-state index contributed by atoms with van der Waals surface area (Å²) in [6.45, 7) is 4.68. The number of piperazine rings is 1. The second-order valence-corrected chi connectivity index (χ2v) is 9.47. The molecule has 7 nitrogen and oxygen atoms in total. The van der Waals surface area contributed by atoms with Gasteiger partial charge in [-0.25, -0.2) is 8.42 Å². The molecule has 1 aliphatic heterocycles. The Morgan fingerprint density at radius 3 is 2.40 bits per heavy atom. The highest BCUT2D eigenvalue weighted by molar-refractivity contribution is 7.89. The van der Waals surface area contributed by atoms with Crippen molar-refractivity contribution in [3.05, 3.63) is 59.7 Å². The first-order valence-corrected chi connectivity index (χ1v) is 11.7. The third kappa shape index (κ3) is 5.73. The minimum Gasteiger partial charge on any atom is -0.497 e. The summed E-state index contributed by atoms with van der Waals surface area (Å²) in [4.78, 5) is 14.4. The average molecular weight is 432 g/mol. The Balaban J connectivity index is 1.42. The molecule has 30 heavy (non-hydrogen) atoms. The third-order valence-electron chi connectivity index (χ3n) is 5.22. The van der Waals surface area contributed by atoms with Crippen LogP contribution in [0.4, 0.5) is 5.69 Å². The van der Waals surface area contributed by atoms with Gasteiger partial charge in [-0.15, -0.1) is 0 Å². The molecule has 1 heterocycles. The maximum Gasteiger partial charge on any atom is 0.251 e. The van der Waals surface area contributed by atoms with Crippen molar-refractivity contribution in [3.63, 3.8) is 0 Å². The molecule has 0 spiro atoms. The molecule has 0 aromatic heterocycles. The summed E-state index contributed by atoms with van der Waals surface area (Å²) in [5.41, 5.74) is 2.85. The van der Waals surface area contributed by atoms with Gasteiger partial charge in [0.1, 0.15) is 5.75 Å². The highest BCUT2D eigenvalue weighted by Crippen LogP contribution is 2.19. The maximum atomic E-state index is 12.6. The van der Waals surface area contributed by atoms with Gasteiger partial charge in [0.15, 0.2) is 0 Å². The largest absolute Gasteiger partial charge is 0.497 e. The van der Waals surface area contributed by atoms with Crippen LogP contribution in [0.3, 0.4) is 0 Å². The van der Waals surface area contributed by atoms with Crippen LogP contribution < -0.4 is 15.0 Å². The number of carbonyl (C=O) groups excluding carboxylic acids is 1. The predicted molar refractivity (Wildman–Crippen MR) is 119 cm³/mol. The maximum absolute atomic E-state index is 12.6. The number of hydrogen-bond acceptors (Lipinski definition) is 5. The molecule has 0 radical (unpaired) electrons. The molecule has 0 bridgehead atoms. The van der Waals surface area contributed by atoms with E-state index in [1.165, 1.54) is 5.56 Å². The Kier molecular flexibility index (Phi) is 7.33. The lowest BCUT2D eigenvalue weighted by Gasteiger charge is -2.35. The SMILES string of the molecule is COc1ccc(C(=O)NCCCS(=O)(=O)N2CCN(c3cccc(C)c3)CC2)cc1. The van der Waals surface area contributed by atoms with Crippen LogP contribution >= 0.6 is 0 Å². The van der Waals surface area contributed by atoms with Gasteiger partial charge < -0.3 is 15.0 Å².